The normalized spacial score (nSPS) is 12.3. The minimum Gasteiger partial charge on any atom is -0.456 e. The van der Waals surface area contributed by atoms with Crippen molar-refractivity contribution in [2.45, 2.75) is 12.8 Å². The Bertz CT molecular complexity index is 3140. The zero-order valence-corrected chi connectivity index (χ0v) is 32.0. The number of hydrogen-bond donors (Lipinski definition) is 0. The van der Waals surface area contributed by atoms with Gasteiger partial charge in [-0.15, -0.1) is 0 Å². The van der Waals surface area contributed by atoms with Crippen LogP contribution >= 0.6 is 0 Å². The maximum absolute atomic E-state index is 6.49. The molecule has 0 radical (unpaired) electrons. The molecular formula is C56H39NO. The monoisotopic (exact) mass is 741 g/mol. The van der Waals surface area contributed by atoms with Crippen molar-refractivity contribution in [1.29, 1.82) is 0 Å². The lowest BCUT2D eigenvalue weighted by molar-refractivity contribution is 0.596. The Morgan fingerprint density at radius 1 is 0.379 bits per heavy atom. The fraction of sp³-hybridized carbons (Fsp3) is 0.0357. The average Bonchev–Trinajstić information content (AvgIpc) is 3.69. The highest BCUT2D eigenvalue weighted by atomic mass is 16.3. The van der Waals surface area contributed by atoms with Gasteiger partial charge in [-0.3, -0.25) is 0 Å². The van der Waals surface area contributed by atoms with Gasteiger partial charge in [-0.05, 0) is 104 Å². The molecule has 2 nitrogen and oxygen atoms in total. The van der Waals surface area contributed by atoms with Crippen molar-refractivity contribution >= 4 is 55.7 Å². The van der Waals surface area contributed by atoms with E-state index in [9.17, 15) is 0 Å². The van der Waals surface area contributed by atoms with E-state index in [1.165, 1.54) is 54.7 Å². The molecule has 0 bridgehead atoms. The summed E-state index contributed by atoms with van der Waals surface area (Å²) in [7, 11) is 0. The van der Waals surface area contributed by atoms with Crippen LogP contribution in [0.1, 0.15) is 17.7 Å². The number of furan rings is 1. The minimum atomic E-state index is 0.963. The Balaban J connectivity index is 1.02. The number of anilines is 3. The van der Waals surface area contributed by atoms with E-state index < -0.39 is 0 Å². The number of rotatable bonds is 7. The summed E-state index contributed by atoms with van der Waals surface area (Å²) in [5.41, 5.74) is 15.0. The topological polar surface area (TPSA) is 16.4 Å². The summed E-state index contributed by atoms with van der Waals surface area (Å²) in [5, 5.41) is 6.23. The van der Waals surface area contributed by atoms with Crippen molar-refractivity contribution in [3.63, 3.8) is 0 Å². The van der Waals surface area contributed by atoms with E-state index in [1.54, 1.807) is 0 Å². The zero-order chi connectivity index (χ0) is 38.4. The van der Waals surface area contributed by atoms with Crippen molar-refractivity contribution in [3.8, 4) is 44.5 Å². The lowest BCUT2D eigenvalue weighted by atomic mass is 9.95. The number of aryl methyl sites for hydroxylation is 1. The van der Waals surface area contributed by atoms with Gasteiger partial charge in [-0.2, -0.15) is 0 Å². The van der Waals surface area contributed by atoms with E-state index in [0.29, 0.717) is 0 Å². The van der Waals surface area contributed by atoms with E-state index in [0.717, 1.165) is 63.5 Å². The Kier molecular flexibility index (Phi) is 8.33. The van der Waals surface area contributed by atoms with Gasteiger partial charge < -0.3 is 9.32 Å². The van der Waals surface area contributed by atoms with Gasteiger partial charge >= 0.3 is 0 Å². The third-order valence-electron chi connectivity index (χ3n) is 11.8. The number of nitrogens with zero attached hydrogens (tertiary/aromatic N) is 1. The molecule has 1 aliphatic rings. The Labute approximate surface area is 338 Å². The predicted molar refractivity (Wildman–Crippen MR) is 245 cm³/mol. The fourth-order valence-electron chi connectivity index (χ4n) is 8.93. The largest absolute Gasteiger partial charge is 0.456 e. The van der Waals surface area contributed by atoms with E-state index >= 15 is 0 Å². The number of fused-ring (bicyclic) bond motifs is 5. The third-order valence-corrected chi connectivity index (χ3v) is 11.8. The van der Waals surface area contributed by atoms with Gasteiger partial charge in [0.2, 0.25) is 0 Å². The molecule has 0 amide bonds. The van der Waals surface area contributed by atoms with E-state index in [2.05, 4.69) is 217 Å². The second kappa shape index (κ2) is 14.3. The number of para-hydroxylation sites is 2. The summed E-state index contributed by atoms with van der Waals surface area (Å²) < 4.78 is 6.49. The highest BCUT2D eigenvalue weighted by molar-refractivity contribution is 6.00. The van der Waals surface area contributed by atoms with E-state index in [-0.39, 0.29) is 0 Å². The SMILES string of the molecule is C1=Cc2oc3c(-c4ccc(N(c5ccc(-c6cccc7ccccc67)cc5)c5ccccc5-c5ccc(-c6cccc7ccccc67)cc5)cc4)cccc3c2CC1. The molecular weight excluding hydrogens is 703 g/mol. The average molecular weight is 742 g/mol. The molecule has 2 heteroatoms. The number of allylic oxidation sites excluding steroid dienone is 1. The second-order valence-electron chi connectivity index (χ2n) is 15.1. The van der Waals surface area contributed by atoms with Gasteiger partial charge in [0, 0.05) is 33.5 Å². The predicted octanol–water partition coefficient (Wildman–Crippen LogP) is 15.8. The molecule has 0 fully saturated rings. The highest BCUT2D eigenvalue weighted by Crippen LogP contribution is 2.44. The van der Waals surface area contributed by atoms with E-state index in [4.69, 9.17) is 4.42 Å². The minimum absolute atomic E-state index is 0.963. The highest BCUT2D eigenvalue weighted by Gasteiger charge is 2.20. The van der Waals surface area contributed by atoms with Crippen LogP contribution in [0.4, 0.5) is 17.1 Å². The van der Waals surface area contributed by atoms with Crippen LogP contribution in [0.3, 0.4) is 0 Å². The molecule has 0 N–H and O–H groups in total. The van der Waals surface area contributed by atoms with Gasteiger partial charge in [0.05, 0.1) is 5.69 Å². The summed E-state index contributed by atoms with van der Waals surface area (Å²) >= 11 is 0. The maximum Gasteiger partial charge on any atom is 0.142 e. The number of hydrogen-bond acceptors (Lipinski definition) is 2. The van der Waals surface area contributed by atoms with Crippen molar-refractivity contribution < 1.29 is 4.42 Å². The Hall–Kier alpha value is -7.42. The summed E-state index contributed by atoms with van der Waals surface area (Å²) in [5.74, 6) is 0.991. The smallest absolute Gasteiger partial charge is 0.142 e. The van der Waals surface area contributed by atoms with Gasteiger partial charge in [0.25, 0.3) is 0 Å². The summed E-state index contributed by atoms with van der Waals surface area (Å²) in [6.45, 7) is 0. The van der Waals surface area contributed by atoms with Crippen molar-refractivity contribution in [2.75, 3.05) is 4.90 Å². The molecule has 0 aliphatic heterocycles. The first-order chi connectivity index (χ1) is 28.8. The maximum atomic E-state index is 6.49. The quantitative estimate of drug-likeness (QED) is 0.162. The zero-order valence-electron chi connectivity index (χ0n) is 32.0. The lowest BCUT2D eigenvalue weighted by Gasteiger charge is -2.28. The fourth-order valence-corrected chi connectivity index (χ4v) is 8.93. The molecule has 1 aromatic heterocycles. The molecule has 0 saturated heterocycles. The van der Waals surface area contributed by atoms with Crippen LogP contribution in [0.15, 0.2) is 211 Å². The summed E-state index contributed by atoms with van der Waals surface area (Å²) in [6, 6.07) is 72.7. The van der Waals surface area contributed by atoms with Crippen LogP contribution in [0.25, 0.3) is 83.1 Å². The number of benzene rings is 9. The molecule has 274 valence electrons. The first-order valence-electron chi connectivity index (χ1n) is 20.1. The Morgan fingerprint density at radius 2 is 0.828 bits per heavy atom. The molecule has 10 aromatic rings. The van der Waals surface area contributed by atoms with Gasteiger partial charge in [0.1, 0.15) is 11.3 Å². The van der Waals surface area contributed by atoms with Gasteiger partial charge in [-0.25, -0.2) is 0 Å². The van der Waals surface area contributed by atoms with Crippen molar-refractivity contribution in [1.82, 2.24) is 0 Å². The Morgan fingerprint density at radius 3 is 1.47 bits per heavy atom. The first kappa shape index (κ1) is 33.9. The van der Waals surface area contributed by atoms with Gasteiger partial charge in [0.15, 0.2) is 0 Å². The molecule has 58 heavy (non-hydrogen) atoms. The lowest BCUT2D eigenvalue weighted by Crippen LogP contribution is -2.11. The van der Waals surface area contributed by atoms with Crippen LogP contribution in [0, 0.1) is 0 Å². The standard InChI is InChI=1S/C56H39NO/c1-3-16-46-38(12-1)14-9-20-48(46)40-26-28-42(29-27-40)50-18-5-7-24-54(50)57(44-34-30-41(31-35-44)49-21-10-15-39-13-2-4-17-47(39)49)45-36-32-43(33-37-45)51-22-11-23-53-52-19-6-8-25-55(52)58-56(51)53/h1-5,7-18,20-37H,6,19H2. The van der Waals surface area contributed by atoms with Gasteiger partial charge in [-0.1, -0.05) is 176 Å². The molecule has 11 rings (SSSR count). The van der Waals surface area contributed by atoms with Crippen LogP contribution in [-0.2, 0) is 6.42 Å². The van der Waals surface area contributed by atoms with E-state index in [1.807, 2.05) is 0 Å². The van der Waals surface area contributed by atoms with Crippen molar-refractivity contribution in [3.05, 3.63) is 218 Å². The first-order valence-corrected chi connectivity index (χ1v) is 20.1. The van der Waals surface area contributed by atoms with Crippen molar-refractivity contribution in [2.24, 2.45) is 0 Å². The molecule has 0 saturated carbocycles. The molecule has 0 unspecified atom stereocenters. The third kappa shape index (κ3) is 5.90. The summed E-state index contributed by atoms with van der Waals surface area (Å²) in [6.07, 6.45) is 6.40. The molecule has 1 heterocycles. The molecule has 1 aliphatic carbocycles. The summed E-state index contributed by atoms with van der Waals surface area (Å²) in [4.78, 5) is 2.39. The van der Waals surface area contributed by atoms with Crippen LogP contribution < -0.4 is 4.90 Å². The molecule has 0 atom stereocenters. The molecule has 9 aromatic carbocycles. The molecule has 0 spiro atoms. The van der Waals surface area contributed by atoms with Crippen LogP contribution in [0.5, 0.6) is 0 Å². The second-order valence-corrected chi connectivity index (χ2v) is 15.1. The van der Waals surface area contributed by atoms with Crippen LogP contribution in [0.2, 0.25) is 0 Å². The van der Waals surface area contributed by atoms with Crippen LogP contribution in [-0.4, -0.2) is 0 Å².